The molecule has 1 amide bonds. The topological polar surface area (TPSA) is 84.0 Å². The summed E-state index contributed by atoms with van der Waals surface area (Å²) in [6.45, 7) is 4.63. The number of hydrogen-bond donors (Lipinski definition) is 3. The van der Waals surface area contributed by atoms with Crippen molar-refractivity contribution in [3.05, 3.63) is 59.2 Å². The van der Waals surface area contributed by atoms with Crippen LogP contribution in [0.1, 0.15) is 42.3 Å². The molecule has 0 atom stereocenters. The minimum Gasteiger partial charge on any atom is -0.490 e. The number of para-hydroxylation sites is 1. The summed E-state index contributed by atoms with van der Waals surface area (Å²) in [5, 5.41) is 9.02. The first-order valence-electron chi connectivity index (χ1n) is 10.6. The lowest BCUT2D eigenvalue weighted by atomic mass is 10.1. The molecular weight excluding hydrogens is 545 g/mol. The van der Waals surface area contributed by atoms with Crippen molar-refractivity contribution < 1.29 is 23.0 Å². The Labute approximate surface area is 210 Å². The highest BCUT2D eigenvalue weighted by atomic mass is 127. The maximum atomic E-state index is 12.9. The monoisotopic (exact) mass is 576 g/mol. The smallest absolute Gasteiger partial charge is 0.387 e. The normalized spacial score (nSPS) is 10.9. The van der Waals surface area contributed by atoms with Crippen molar-refractivity contribution in [3.8, 4) is 11.5 Å². The lowest BCUT2D eigenvalue weighted by molar-refractivity contribution is -0.0520. The molecule has 2 rings (SSSR count). The zero-order chi connectivity index (χ0) is 23.3. The molecule has 10 heteroatoms. The van der Waals surface area contributed by atoms with Crippen LogP contribution >= 0.6 is 24.0 Å². The van der Waals surface area contributed by atoms with Crippen LogP contribution in [0.5, 0.6) is 11.5 Å². The van der Waals surface area contributed by atoms with Crippen LogP contribution in [0.4, 0.5) is 8.78 Å². The molecule has 0 aliphatic rings. The summed E-state index contributed by atoms with van der Waals surface area (Å²) in [5.41, 5.74) is 1.95. The van der Waals surface area contributed by atoms with Gasteiger partial charge in [-0.25, -0.2) is 4.99 Å². The van der Waals surface area contributed by atoms with Gasteiger partial charge in [0.2, 0.25) is 0 Å². The first-order valence-corrected chi connectivity index (χ1v) is 10.6. The van der Waals surface area contributed by atoms with Gasteiger partial charge in [0.1, 0.15) is 0 Å². The molecule has 3 N–H and O–H groups in total. The molecule has 0 unspecified atom stereocenters. The van der Waals surface area contributed by atoms with Crippen molar-refractivity contribution in [1.29, 1.82) is 0 Å². The van der Waals surface area contributed by atoms with Crippen molar-refractivity contribution >= 4 is 35.8 Å². The third kappa shape index (κ3) is 9.40. The Kier molecular flexibility index (Phi) is 13.1. The van der Waals surface area contributed by atoms with Crippen LogP contribution in [0.25, 0.3) is 0 Å². The lowest BCUT2D eigenvalue weighted by Gasteiger charge is -2.17. The first kappa shape index (κ1) is 28.4. The number of hydrogen-bond acceptors (Lipinski definition) is 4. The Hall–Kier alpha value is -2.63. The van der Waals surface area contributed by atoms with Gasteiger partial charge < -0.3 is 25.4 Å². The molecule has 0 heterocycles. The van der Waals surface area contributed by atoms with E-state index in [9.17, 15) is 13.6 Å². The Balaban J connectivity index is 0.00000544. The molecule has 33 heavy (non-hydrogen) atoms. The molecule has 0 spiro atoms. The minimum atomic E-state index is -2.96. The van der Waals surface area contributed by atoms with E-state index in [1.54, 1.807) is 37.3 Å². The zero-order valence-electron chi connectivity index (χ0n) is 19.0. The van der Waals surface area contributed by atoms with Gasteiger partial charge in [0, 0.05) is 30.8 Å². The SMILES string of the molecule is CCNC(=O)c1cccc(CN=C(NCC)NCc2cccc(OCC)c2OC(F)F)c1.I. The van der Waals surface area contributed by atoms with Gasteiger partial charge in [-0.15, -0.1) is 24.0 Å². The number of rotatable bonds is 11. The van der Waals surface area contributed by atoms with E-state index in [2.05, 4.69) is 20.9 Å². The fourth-order valence-corrected chi connectivity index (χ4v) is 2.96. The van der Waals surface area contributed by atoms with Crippen molar-refractivity contribution in [3.63, 3.8) is 0 Å². The van der Waals surface area contributed by atoms with Crippen LogP contribution in [0.2, 0.25) is 0 Å². The number of benzene rings is 2. The predicted octanol–water partition coefficient (Wildman–Crippen LogP) is 4.31. The van der Waals surface area contributed by atoms with Crippen molar-refractivity contribution in [2.45, 2.75) is 40.5 Å². The summed E-state index contributed by atoms with van der Waals surface area (Å²) < 4.78 is 36.0. The van der Waals surface area contributed by atoms with Gasteiger partial charge in [-0.2, -0.15) is 8.78 Å². The second kappa shape index (κ2) is 15.3. The quantitative estimate of drug-likeness (QED) is 0.211. The Morgan fingerprint density at radius 1 is 1.03 bits per heavy atom. The second-order valence-electron chi connectivity index (χ2n) is 6.66. The van der Waals surface area contributed by atoms with E-state index in [4.69, 9.17) is 9.47 Å². The first-order chi connectivity index (χ1) is 15.5. The number of carbonyl (C=O) groups is 1. The summed E-state index contributed by atoms with van der Waals surface area (Å²) in [6.07, 6.45) is 0. The number of amides is 1. The predicted molar refractivity (Wildman–Crippen MR) is 136 cm³/mol. The molecule has 182 valence electrons. The average Bonchev–Trinajstić information content (AvgIpc) is 2.77. The molecule has 0 aliphatic carbocycles. The minimum absolute atomic E-state index is 0. The van der Waals surface area contributed by atoms with E-state index in [-0.39, 0.29) is 47.9 Å². The fraction of sp³-hybridized carbons (Fsp3) is 0.391. The average molecular weight is 576 g/mol. The number of carbonyl (C=O) groups excluding carboxylic acids is 1. The number of alkyl halides is 2. The number of halogens is 3. The van der Waals surface area contributed by atoms with Crippen LogP contribution in [0.3, 0.4) is 0 Å². The van der Waals surface area contributed by atoms with E-state index in [0.717, 1.165) is 5.56 Å². The number of nitrogens with one attached hydrogen (secondary N) is 3. The summed E-state index contributed by atoms with van der Waals surface area (Å²) >= 11 is 0. The van der Waals surface area contributed by atoms with E-state index in [1.807, 2.05) is 26.0 Å². The van der Waals surface area contributed by atoms with Crippen LogP contribution in [0.15, 0.2) is 47.5 Å². The van der Waals surface area contributed by atoms with E-state index >= 15 is 0 Å². The van der Waals surface area contributed by atoms with Gasteiger partial charge in [-0.1, -0.05) is 24.3 Å². The van der Waals surface area contributed by atoms with Gasteiger partial charge in [-0.3, -0.25) is 4.79 Å². The molecular formula is C23H31F2IN4O3. The highest BCUT2D eigenvalue weighted by Crippen LogP contribution is 2.32. The number of nitrogens with zero attached hydrogens (tertiary/aromatic N) is 1. The third-order valence-electron chi connectivity index (χ3n) is 4.30. The fourth-order valence-electron chi connectivity index (χ4n) is 2.96. The van der Waals surface area contributed by atoms with Crippen molar-refractivity contribution in [2.24, 2.45) is 4.99 Å². The molecule has 0 bridgehead atoms. The number of aliphatic imine (C=N–C) groups is 1. The highest BCUT2D eigenvalue weighted by molar-refractivity contribution is 14.0. The Morgan fingerprint density at radius 2 is 1.76 bits per heavy atom. The standard InChI is InChI=1S/C23H30F2N4O3.HI/c1-4-26-21(30)17-10-7-9-16(13-17)14-28-23(27-5-2)29-15-18-11-8-12-19(31-6-3)20(18)32-22(24)25;/h7-13,22H,4-6,14-15H2,1-3H3,(H,26,30)(H2,27,28,29);1H. The molecule has 0 fully saturated rings. The number of ether oxygens (including phenoxy) is 2. The van der Waals surface area contributed by atoms with Crippen LogP contribution in [0, 0.1) is 0 Å². The Morgan fingerprint density at radius 3 is 2.42 bits per heavy atom. The molecule has 0 saturated carbocycles. The lowest BCUT2D eigenvalue weighted by Crippen LogP contribution is -2.37. The molecule has 0 radical (unpaired) electrons. The summed E-state index contributed by atoms with van der Waals surface area (Å²) in [4.78, 5) is 16.6. The van der Waals surface area contributed by atoms with Crippen LogP contribution in [-0.2, 0) is 13.1 Å². The summed E-state index contributed by atoms with van der Waals surface area (Å²) in [5.74, 6) is 0.628. The van der Waals surface area contributed by atoms with Crippen LogP contribution < -0.4 is 25.4 Å². The van der Waals surface area contributed by atoms with Gasteiger partial charge >= 0.3 is 6.61 Å². The van der Waals surface area contributed by atoms with Crippen LogP contribution in [-0.4, -0.2) is 38.2 Å². The van der Waals surface area contributed by atoms with Crippen molar-refractivity contribution in [2.75, 3.05) is 19.7 Å². The maximum absolute atomic E-state index is 12.9. The summed E-state index contributed by atoms with van der Waals surface area (Å²) in [7, 11) is 0. The zero-order valence-corrected chi connectivity index (χ0v) is 21.3. The van der Waals surface area contributed by atoms with Gasteiger partial charge in [0.15, 0.2) is 17.5 Å². The number of guanidine groups is 1. The van der Waals surface area contributed by atoms with Gasteiger partial charge in [0.05, 0.1) is 13.2 Å². The van der Waals surface area contributed by atoms with Crippen molar-refractivity contribution in [1.82, 2.24) is 16.0 Å². The van der Waals surface area contributed by atoms with E-state index < -0.39 is 6.61 Å². The van der Waals surface area contributed by atoms with E-state index in [1.165, 1.54) is 0 Å². The largest absolute Gasteiger partial charge is 0.490 e. The molecule has 2 aromatic carbocycles. The molecule has 2 aromatic rings. The maximum Gasteiger partial charge on any atom is 0.387 e. The summed E-state index contributed by atoms with van der Waals surface area (Å²) in [6, 6.07) is 12.2. The Bertz CT molecular complexity index is 913. The molecule has 0 aromatic heterocycles. The molecule has 7 nitrogen and oxygen atoms in total. The van der Waals surface area contributed by atoms with Gasteiger partial charge in [0.25, 0.3) is 5.91 Å². The van der Waals surface area contributed by atoms with E-state index in [0.29, 0.717) is 43.3 Å². The highest BCUT2D eigenvalue weighted by Gasteiger charge is 2.16. The third-order valence-corrected chi connectivity index (χ3v) is 4.30. The second-order valence-corrected chi connectivity index (χ2v) is 6.66. The molecule has 0 saturated heterocycles. The van der Waals surface area contributed by atoms with Gasteiger partial charge in [-0.05, 0) is 44.5 Å². The molecule has 0 aliphatic heterocycles.